The van der Waals surface area contributed by atoms with E-state index in [2.05, 4.69) is 27.1 Å². The number of rotatable bonds is 4. The Kier molecular flexibility index (Phi) is 6.88. The molecule has 0 radical (unpaired) electrons. The van der Waals surface area contributed by atoms with Crippen LogP contribution in [0.2, 0.25) is 0 Å². The molecule has 2 heterocycles. The zero-order chi connectivity index (χ0) is 15.2. The Morgan fingerprint density at radius 3 is 2.57 bits per heavy atom. The number of hydrogen-bond donors (Lipinski definition) is 1. The van der Waals surface area contributed by atoms with Gasteiger partial charge in [0.15, 0.2) is 5.96 Å². The quantitative estimate of drug-likeness (QED) is 0.466. The molecule has 6 heteroatoms. The minimum atomic E-state index is 0. The Bertz CT molecular complexity index is 617. The lowest BCUT2D eigenvalue weighted by molar-refractivity contribution is 0.338. The smallest absolute Gasteiger partial charge is 0.191 e. The Morgan fingerprint density at radius 2 is 1.83 bits per heavy atom. The van der Waals surface area contributed by atoms with Crippen LogP contribution in [0.5, 0.6) is 0 Å². The largest absolute Gasteiger partial charge is 0.370 e. The molecule has 0 spiro atoms. The van der Waals surface area contributed by atoms with Crippen LogP contribution in [0.1, 0.15) is 30.4 Å². The van der Waals surface area contributed by atoms with E-state index in [1.807, 2.05) is 35.3 Å². The van der Waals surface area contributed by atoms with E-state index in [0.717, 1.165) is 25.2 Å². The van der Waals surface area contributed by atoms with E-state index in [1.165, 1.54) is 24.8 Å². The van der Waals surface area contributed by atoms with Gasteiger partial charge < -0.3 is 10.6 Å². The Morgan fingerprint density at radius 1 is 1.09 bits per heavy atom. The highest BCUT2D eigenvalue weighted by Gasteiger charge is 2.11. The van der Waals surface area contributed by atoms with E-state index in [4.69, 9.17) is 5.73 Å². The van der Waals surface area contributed by atoms with Crippen molar-refractivity contribution in [2.24, 2.45) is 10.7 Å². The molecule has 1 aliphatic rings. The van der Waals surface area contributed by atoms with Crippen molar-refractivity contribution in [3.63, 3.8) is 0 Å². The maximum absolute atomic E-state index is 6.08. The standard InChI is InChI=1S/C17H23N5.HI/c18-17(21-9-5-2-6-10-21)19-11-16-12-20-22(14-16)13-15-7-3-1-4-8-15;/h1,3-4,7-8,12,14H,2,5-6,9-11,13H2,(H2,18,19);1H. The number of guanidine groups is 1. The van der Waals surface area contributed by atoms with Gasteiger partial charge in [-0.3, -0.25) is 4.68 Å². The predicted octanol–water partition coefficient (Wildman–Crippen LogP) is 2.85. The summed E-state index contributed by atoms with van der Waals surface area (Å²) in [6, 6.07) is 10.3. The summed E-state index contributed by atoms with van der Waals surface area (Å²) < 4.78 is 1.94. The summed E-state index contributed by atoms with van der Waals surface area (Å²) in [4.78, 5) is 6.68. The van der Waals surface area contributed by atoms with E-state index in [9.17, 15) is 0 Å². The second-order valence-corrected chi connectivity index (χ2v) is 5.75. The highest BCUT2D eigenvalue weighted by molar-refractivity contribution is 14.0. The first-order chi connectivity index (χ1) is 10.8. The molecular formula is C17H24IN5. The molecular weight excluding hydrogens is 401 g/mol. The number of aromatic nitrogens is 2. The van der Waals surface area contributed by atoms with E-state index in [0.29, 0.717) is 12.5 Å². The molecule has 0 atom stereocenters. The normalized spacial score (nSPS) is 15.3. The van der Waals surface area contributed by atoms with E-state index in [-0.39, 0.29) is 24.0 Å². The second-order valence-electron chi connectivity index (χ2n) is 5.75. The number of halogens is 1. The van der Waals surface area contributed by atoms with Crippen molar-refractivity contribution in [1.82, 2.24) is 14.7 Å². The Balaban J connectivity index is 0.00000192. The maximum Gasteiger partial charge on any atom is 0.191 e. The molecule has 1 saturated heterocycles. The molecule has 23 heavy (non-hydrogen) atoms. The lowest BCUT2D eigenvalue weighted by Crippen LogP contribution is -2.40. The average molecular weight is 425 g/mol. The van der Waals surface area contributed by atoms with Crippen LogP contribution < -0.4 is 5.73 Å². The van der Waals surface area contributed by atoms with Crippen LogP contribution in [0.3, 0.4) is 0 Å². The number of benzene rings is 1. The molecule has 0 unspecified atom stereocenters. The van der Waals surface area contributed by atoms with Crippen LogP contribution in [0.4, 0.5) is 0 Å². The first-order valence-electron chi connectivity index (χ1n) is 7.91. The summed E-state index contributed by atoms with van der Waals surface area (Å²) in [5.74, 6) is 0.663. The van der Waals surface area contributed by atoms with Gasteiger partial charge in [-0.1, -0.05) is 30.3 Å². The zero-order valence-corrected chi connectivity index (χ0v) is 15.6. The highest BCUT2D eigenvalue weighted by Crippen LogP contribution is 2.09. The van der Waals surface area contributed by atoms with Gasteiger partial charge in [0.05, 0.1) is 19.3 Å². The van der Waals surface area contributed by atoms with Gasteiger partial charge in [-0.2, -0.15) is 5.10 Å². The van der Waals surface area contributed by atoms with Crippen molar-refractivity contribution in [2.75, 3.05) is 13.1 Å². The second kappa shape index (κ2) is 8.90. The minimum Gasteiger partial charge on any atom is -0.370 e. The number of hydrogen-bond acceptors (Lipinski definition) is 2. The van der Waals surface area contributed by atoms with Gasteiger partial charge in [-0.05, 0) is 24.8 Å². The SMILES string of the molecule is I.NC(=NCc1cnn(Cc2ccccc2)c1)N1CCCCC1. The van der Waals surface area contributed by atoms with E-state index < -0.39 is 0 Å². The number of aliphatic imine (C=N–C) groups is 1. The topological polar surface area (TPSA) is 59.4 Å². The van der Waals surface area contributed by atoms with Crippen molar-refractivity contribution in [3.05, 3.63) is 53.9 Å². The van der Waals surface area contributed by atoms with Crippen LogP contribution >= 0.6 is 24.0 Å². The Hall–Kier alpha value is -1.57. The molecule has 3 rings (SSSR count). The van der Waals surface area contributed by atoms with Crippen LogP contribution in [0.25, 0.3) is 0 Å². The van der Waals surface area contributed by atoms with Gasteiger partial charge in [0, 0.05) is 24.8 Å². The van der Waals surface area contributed by atoms with Gasteiger partial charge in [-0.25, -0.2) is 4.99 Å². The molecule has 0 amide bonds. The molecule has 124 valence electrons. The van der Waals surface area contributed by atoms with Gasteiger partial charge in [0.25, 0.3) is 0 Å². The summed E-state index contributed by atoms with van der Waals surface area (Å²) in [6.07, 6.45) is 7.64. The molecule has 5 nitrogen and oxygen atoms in total. The minimum absolute atomic E-state index is 0. The number of piperidine rings is 1. The monoisotopic (exact) mass is 425 g/mol. The molecule has 1 aromatic carbocycles. The lowest BCUT2D eigenvalue weighted by atomic mass is 10.1. The third-order valence-corrected chi connectivity index (χ3v) is 3.98. The fraction of sp³-hybridized carbons (Fsp3) is 0.412. The molecule has 1 fully saturated rings. The highest BCUT2D eigenvalue weighted by atomic mass is 127. The first kappa shape index (κ1) is 17.8. The average Bonchev–Trinajstić information content (AvgIpc) is 3.02. The maximum atomic E-state index is 6.08. The van der Waals surface area contributed by atoms with Crippen molar-refractivity contribution < 1.29 is 0 Å². The summed E-state index contributed by atoms with van der Waals surface area (Å²) in [7, 11) is 0. The van der Waals surface area contributed by atoms with Crippen molar-refractivity contribution in [3.8, 4) is 0 Å². The number of nitrogens with zero attached hydrogens (tertiary/aromatic N) is 4. The third-order valence-electron chi connectivity index (χ3n) is 3.98. The fourth-order valence-electron chi connectivity index (χ4n) is 2.74. The molecule has 1 aromatic heterocycles. The number of nitrogens with two attached hydrogens (primary N) is 1. The van der Waals surface area contributed by atoms with Gasteiger partial charge in [-0.15, -0.1) is 24.0 Å². The molecule has 2 aromatic rings. The summed E-state index contributed by atoms with van der Waals surface area (Å²) in [6.45, 7) is 3.44. The molecule has 1 aliphatic heterocycles. The lowest BCUT2D eigenvalue weighted by Gasteiger charge is -2.27. The first-order valence-corrected chi connectivity index (χ1v) is 7.91. The third kappa shape index (κ3) is 5.23. The summed E-state index contributed by atoms with van der Waals surface area (Å²) in [5, 5.41) is 4.39. The summed E-state index contributed by atoms with van der Waals surface area (Å²) in [5.41, 5.74) is 8.41. The van der Waals surface area contributed by atoms with Crippen molar-refractivity contribution >= 4 is 29.9 Å². The van der Waals surface area contributed by atoms with Crippen LogP contribution in [-0.2, 0) is 13.1 Å². The van der Waals surface area contributed by atoms with Crippen LogP contribution in [0, 0.1) is 0 Å². The molecule has 0 aliphatic carbocycles. The van der Waals surface area contributed by atoms with Gasteiger partial charge in [0.1, 0.15) is 0 Å². The van der Waals surface area contributed by atoms with Crippen LogP contribution in [0.15, 0.2) is 47.7 Å². The molecule has 2 N–H and O–H groups in total. The van der Waals surface area contributed by atoms with Crippen molar-refractivity contribution in [1.29, 1.82) is 0 Å². The van der Waals surface area contributed by atoms with E-state index in [1.54, 1.807) is 0 Å². The van der Waals surface area contributed by atoms with Crippen molar-refractivity contribution in [2.45, 2.75) is 32.4 Å². The fourth-order valence-corrected chi connectivity index (χ4v) is 2.74. The summed E-state index contributed by atoms with van der Waals surface area (Å²) >= 11 is 0. The number of likely N-dealkylation sites (tertiary alicyclic amines) is 1. The van der Waals surface area contributed by atoms with E-state index >= 15 is 0 Å². The van der Waals surface area contributed by atoms with Crippen LogP contribution in [-0.4, -0.2) is 33.7 Å². The molecule has 0 bridgehead atoms. The van der Waals surface area contributed by atoms with Gasteiger partial charge >= 0.3 is 0 Å². The Labute approximate surface area is 154 Å². The predicted molar refractivity (Wildman–Crippen MR) is 104 cm³/mol. The molecule has 0 saturated carbocycles. The zero-order valence-electron chi connectivity index (χ0n) is 13.3. The van der Waals surface area contributed by atoms with Gasteiger partial charge in [0.2, 0.25) is 0 Å².